The number of hydrogen-bond donors (Lipinski definition) is 1. The molecule has 0 saturated carbocycles. The average molecular weight is 241 g/mol. The number of rotatable bonds is 1. The molecule has 1 N–H and O–H groups in total. The van der Waals surface area contributed by atoms with Gasteiger partial charge in [0, 0.05) is 17.1 Å². The predicted molar refractivity (Wildman–Crippen MR) is 61.2 cm³/mol. The number of thiazole rings is 1. The van der Waals surface area contributed by atoms with Crippen molar-refractivity contribution in [2.24, 2.45) is 0 Å². The van der Waals surface area contributed by atoms with Crippen molar-refractivity contribution >= 4 is 36.2 Å². The van der Waals surface area contributed by atoms with Gasteiger partial charge in [0.05, 0.1) is 5.51 Å². The SMILES string of the molecule is Cl.Cl.c1ncc(C2CCCCN2)s1. The van der Waals surface area contributed by atoms with Crippen LogP contribution in [-0.2, 0) is 0 Å². The largest absolute Gasteiger partial charge is 0.309 e. The number of nitrogens with zero attached hydrogens (tertiary/aromatic N) is 1. The summed E-state index contributed by atoms with van der Waals surface area (Å²) in [6.07, 6.45) is 5.95. The van der Waals surface area contributed by atoms with E-state index in [1.54, 1.807) is 11.3 Å². The Balaban J connectivity index is 0.000000720. The topological polar surface area (TPSA) is 24.9 Å². The highest BCUT2D eigenvalue weighted by Crippen LogP contribution is 2.24. The maximum atomic E-state index is 4.08. The third-order valence-electron chi connectivity index (χ3n) is 2.11. The molecule has 1 aromatic rings. The highest BCUT2D eigenvalue weighted by molar-refractivity contribution is 7.09. The van der Waals surface area contributed by atoms with Gasteiger partial charge in [-0.3, -0.25) is 4.98 Å². The van der Waals surface area contributed by atoms with Crippen molar-refractivity contribution in [1.29, 1.82) is 0 Å². The highest BCUT2D eigenvalue weighted by atomic mass is 35.5. The van der Waals surface area contributed by atoms with E-state index in [0.717, 1.165) is 0 Å². The van der Waals surface area contributed by atoms with E-state index in [-0.39, 0.29) is 24.8 Å². The third kappa shape index (κ3) is 3.43. The second-order valence-corrected chi connectivity index (χ2v) is 3.82. The molecule has 5 heteroatoms. The summed E-state index contributed by atoms with van der Waals surface area (Å²) in [5, 5.41) is 3.49. The van der Waals surface area contributed by atoms with E-state index in [4.69, 9.17) is 0 Å². The number of piperidine rings is 1. The first-order valence-corrected chi connectivity index (χ1v) is 4.96. The lowest BCUT2D eigenvalue weighted by molar-refractivity contribution is 0.417. The van der Waals surface area contributed by atoms with Crippen molar-refractivity contribution in [2.45, 2.75) is 25.3 Å². The molecule has 2 nitrogen and oxygen atoms in total. The molecule has 1 aromatic heterocycles. The van der Waals surface area contributed by atoms with Gasteiger partial charge in [-0.1, -0.05) is 6.42 Å². The number of hydrogen-bond acceptors (Lipinski definition) is 3. The second-order valence-electron chi connectivity index (χ2n) is 2.91. The Morgan fingerprint density at radius 1 is 1.38 bits per heavy atom. The fourth-order valence-electron chi connectivity index (χ4n) is 1.49. The van der Waals surface area contributed by atoms with Crippen LogP contribution in [0, 0.1) is 0 Å². The zero-order chi connectivity index (χ0) is 7.52. The minimum atomic E-state index is 0. The Morgan fingerprint density at radius 3 is 2.77 bits per heavy atom. The van der Waals surface area contributed by atoms with Crippen molar-refractivity contribution in [1.82, 2.24) is 10.3 Å². The quantitative estimate of drug-likeness (QED) is 0.817. The monoisotopic (exact) mass is 240 g/mol. The van der Waals surface area contributed by atoms with Gasteiger partial charge >= 0.3 is 0 Å². The molecule has 0 aliphatic carbocycles. The summed E-state index contributed by atoms with van der Waals surface area (Å²) < 4.78 is 0. The molecule has 1 saturated heterocycles. The molecule has 1 aliphatic rings. The van der Waals surface area contributed by atoms with E-state index in [0.29, 0.717) is 6.04 Å². The fourth-order valence-corrected chi connectivity index (χ4v) is 2.22. The van der Waals surface area contributed by atoms with Crippen LogP contribution >= 0.6 is 36.2 Å². The zero-order valence-corrected chi connectivity index (χ0v) is 9.68. The van der Waals surface area contributed by atoms with Crippen molar-refractivity contribution in [3.8, 4) is 0 Å². The minimum absolute atomic E-state index is 0. The van der Waals surface area contributed by atoms with Gasteiger partial charge in [-0.05, 0) is 19.4 Å². The van der Waals surface area contributed by atoms with Gasteiger partial charge in [-0.15, -0.1) is 36.2 Å². The summed E-state index contributed by atoms with van der Waals surface area (Å²) in [6.45, 7) is 1.17. The lowest BCUT2D eigenvalue weighted by Gasteiger charge is -2.21. The first-order valence-electron chi connectivity index (χ1n) is 4.08. The molecule has 0 bridgehead atoms. The van der Waals surface area contributed by atoms with Crippen molar-refractivity contribution < 1.29 is 0 Å². The normalized spacial score (nSPS) is 21.4. The maximum Gasteiger partial charge on any atom is 0.0794 e. The summed E-state index contributed by atoms with van der Waals surface area (Å²) in [5.41, 5.74) is 1.91. The Bertz CT molecular complexity index is 210. The molecule has 0 aromatic carbocycles. The molecule has 1 unspecified atom stereocenters. The van der Waals surface area contributed by atoms with Crippen LogP contribution in [0.1, 0.15) is 30.2 Å². The van der Waals surface area contributed by atoms with E-state index >= 15 is 0 Å². The zero-order valence-electron chi connectivity index (χ0n) is 7.23. The predicted octanol–water partition coefficient (Wildman–Crippen LogP) is 2.80. The van der Waals surface area contributed by atoms with Crippen LogP contribution in [0.25, 0.3) is 0 Å². The van der Waals surface area contributed by atoms with Gasteiger partial charge in [0.25, 0.3) is 0 Å². The van der Waals surface area contributed by atoms with Crippen LogP contribution in [0.3, 0.4) is 0 Å². The Morgan fingerprint density at radius 2 is 2.23 bits per heavy atom. The van der Waals surface area contributed by atoms with Gasteiger partial charge in [0.2, 0.25) is 0 Å². The Kier molecular flexibility index (Phi) is 6.68. The van der Waals surface area contributed by atoms with Crippen molar-refractivity contribution in [3.05, 3.63) is 16.6 Å². The molecular weight excluding hydrogens is 227 g/mol. The molecule has 2 rings (SSSR count). The van der Waals surface area contributed by atoms with Gasteiger partial charge in [-0.25, -0.2) is 0 Å². The lowest BCUT2D eigenvalue weighted by Crippen LogP contribution is -2.25. The first kappa shape index (κ1) is 13.2. The van der Waals surface area contributed by atoms with E-state index in [1.165, 1.54) is 30.7 Å². The summed E-state index contributed by atoms with van der Waals surface area (Å²) in [4.78, 5) is 5.47. The summed E-state index contributed by atoms with van der Waals surface area (Å²) in [5.74, 6) is 0. The number of halogens is 2. The smallest absolute Gasteiger partial charge is 0.0794 e. The molecule has 0 spiro atoms. The summed E-state index contributed by atoms with van der Waals surface area (Å²) in [7, 11) is 0. The van der Waals surface area contributed by atoms with E-state index in [2.05, 4.69) is 10.3 Å². The van der Waals surface area contributed by atoms with Gasteiger partial charge in [-0.2, -0.15) is 0 Å². The van der Waals surface area contributed by atoms with Crippen LogP contribution in [-0.4, -0.2) is 11.5 Å². The third-order valence-corrected chi connectivity index (χ3v) is 2.99. The fraction of sp³-hybridized carbons (Fsp3) is 0.625. The molecular formula is C8H14Cl2N2S. The minimum Gasteiger partial charge on any atom is -0.309 e. The molecule has 1 aliphatic heterocycles. The molecule has 2 heterocycles. The van der Waals surface area contributed by atoms with E-state index < -0.39 is 0 Å². The standard InChI is InChI=1S/C8H12N2S.2ClH/c1-2-4-10-7(3-1)8-5-9-6-11-8;;/h5-7,10H,1-4H2;2*1H. The molecule has 13 heavy (non-hydrogen) atoms. The molecule has 76 valence electrons. The van der Waals surface area contributed by atoms with Crippen LogP contribution in [0.5, 0.6) is 0 Å². The average Bonchev–Trinajstić information content (AvgIpc) is 2.58. The van der Waals surface area contributed by atoms with E-state index in [1.807, 2.05) is 11.7 Å². The first-order chi connectivity index (χ1) is 5.47. The summed E-state index contributed by atoms with van der Waals surface area (Å²) in [6, 6.07) is 0.594. The van der Waals surface area contributed by atoms with Crippen LogP contribution < -0.4 is 5.32 Å². The van der Waals surface area contributed by atoms with Crippen LogP contribution in [0.4, 0.5) is 0 Å². The molecule has 1 atom stereocenters. The lowest BCUT2D eigenvalue weighted by atomic mass is 10.0. The second kappa shape index (κ2) is 6.60. The molecule has 0 radical (unpaired) electrons. The number of nitrogens with one attached hydrogen (secondary N) is 1. The van der Waals surface area contributed by atoms with Crippen LogP contribution in [0.15, 0.2) is 11.7 Å². The van der Waals surface area contributed by atoms with Gasteiger partial charge in [0.1, 0.15) is 0 Å². The van der Waals surface area contributed by atoms with Gasteiger partial charge < -0.3 is 5.32 Å². The molecule has 1 fully saturated rings. The Labute approximate surface area is 95.0 Å². The van der Waals surface area contributed by atoms with Crippen LogP contribution in [0.2, 0.25) is 0 Å². The Hall–Kier alpha value is 0.170. The van der Waals surface area contributed by atoms with Gasteiger partial charge in [0.15, 0.2) is 0 Å². The maximum absolute atomic E-state index is 4.08. The van der Waals surface area contributed by atoms with Crippen molar-refractivity contribution in [2.75, 3.05) is 6.54 Å². The summed E-state index contributed by atoms with van der Waals surface area (Å²) >= 11 is 1.76. The molecule has 0 amide bonds. The number of aromatic nitrogens is 1. The highest BCUT2D eigenvalue weighted by Gasteiger charge is 2.14. The van der Waals surface area contributed by atoms with Crippen molar-refractivity contribution in [3.63, 3.8) is 0 Å². The van der Waals surface area contributed by atoms with E-state index in [9.17, 15) is 0 Å².